The summed E-state index contributed by atoms with van der Waals surface area (Å²) < 4.78 is 2.18. The third kappa shape index (κ3) is 8.12. The summed E-state index contributed by atoms with van der Waals surface area (Å²) >= 11 is 6.43. The van der Waals surface area contributed by atoms with Crippen molar-refractivity contribution in [2.24, 2.45) is 0 Å². The Labute approximate surface area is 222 Å². The van der Waals surface area contributed by atoms with Crippen LogP contribution in [0, 0.1) is 0 Å². The van der Waals surface area contributed by atoms with E-state index < -0.39 is 0 Å². The van der Waals surface area contributed by atoms with Gasteiger partial charge in [0.2, 0.25) is 11.8 Å². The van der Waals surface area contributed by atoms with Crippen molar-refractivity contribution in [3.63, 3.8) is 0 Å². The molecule has 0 atom stereocenters. The lowest BCUT2D eigenvalue weighted by atomic mass is 9.94. The van der Waals surface area contributed by atoms with Gasteiger partial charge in [0.15, 0.2) is 0 Å². The number of amides is 2. The monoisotopic (exact) mass is 513 g/mol. The fourth-order valence-electron chi connectivity index (χ4n) is 5.19. The number of unbranched alkanes of at least 4 members (excludes halogenated alkanes) is 3. The molecule has 0 spiro atoms. The van der Waals surface area contributed by atoms with E-state index in [4.69, 9.17) is 11.6 Å². The molecule has 1 aromatic carbocycles. The average Bonchev–Trinajstić information content (AvgIpc) is 3.31. The summed E-state index contributed by atoms with van der Waals surface area (Å²) in [6.45, 7) is 7.58. The van der Waals surface area contributed by atoms with E-state index in [0.717, 1.165) is 67.6 Å². The van der Waals surface area contributed by atoms with Gasteiger partial charge in [0.25, 0.3) is 0 Å². The van der Waals surface area contributed by atoms with E-state index in [0.29, 0.717) is 19.5 Å². The minimum atomic E-state index is 0.00455. The number of aromatic nitrogens is 1. The van der Waals surface area contributed by atoms with Crippen LogP contribution in [0.25, 0.3) is 0 Å². The quantitative estimate of drug-likeness (QED) is 0.269. The Morgan fingerprint density at radius 2 is 1.75 bits per heavy atom. The van der Waals surface area contributed by atoms with Crippen LogP contribution in [0.2, 0.25) is 5.02 Å². The van der Waals surface area contributed by atoms with Crippen LogP contribution in [0.15, 0.2) is 42.6 Å². The van der Waals surface area contributed by atoms with Gasteiger partial charge in [-0.3, -0.25) is 9.59 Å². The van der Waals surface area contributed by atoms with Gasteiger partial charge in [-0.2, -0.15) is 0 Å². The first-order chi connectivity index (χ1) is 17.4. The molecule has 1 aliphatic carbocycles. The van der Waals surface area contributed by atoms with Crippen molar-refractivity contribution in [1.82, 2.24) is 14.4 Å². The average molecular weight is 514 g/mol. The molecule has 2 aromatic rings. The molecule has 0 aliphatic heterocycles. The topological polar surface area (TPSA) is 45.6 Å². The lowest BCUT2D eigenvalue weighted by Gasteiger charge is -2.37. The number of hydrogen-bond donors (Lipinski definition) is 0. The normalized spacial score (nSPS) is 14.2. The number of carbonyl (C=O) groups is 2. The second-order valence-electron chi connectivity index (χ2n) is 10.5. The highest BCUT2D eigenvalue weighted by Gasteiger charge is 2.29. The van der Waals surface area contributed by atoms with Crippen LogP contribution in [-0.2, 0) is 22.7 Å². The van der Waals surface area contributed by atoms with Gasteiger partial charge < -0.3 is 14.4 Å². The number of nitrogens with zero attached hydrogens (tertiary/aromatic N) is 3. The largest absolute Gasteiger partial charge is 0.345 e. The van der Waals surface area contributed by atoms with E-state index in [-0.39, 0.29) is 30.4 Å². The maximum absolute atomic E-state index is 13.8. The first-order valence-electron chi connectivity index (χ1n) is 13.9. The SMILES string of the molecule is CCCCCCC(=O)N(CC(=O)N(Cc1cccn1Cc1ccccc1Cl)C1CCCCC1)C(C)C. The van der Waals surface area contributed by atoms with Gasteiger partial charge in [-0.05, 0) is 56.9 Å². The van der Waals surface area contributed by atoms with Crippen LogP contribution in [-0.4, -0.2) is 44.8 Å². The van der Waals surface area contributed by atoms with Crippen molar-refractivity contribution in [3.8, 4) is 0 Å². The number of carbonyl (C=O) groups excluding carboxylic acids is 2. The van der Waals surface area contributed by atoms with Gasteiger partial charge in [-0.25, -0.2) is 0 Å². The molecule has 198 valence electrons. The standard InChI is InChI=1S/C30H44ClN3O2/c1-4-5-6-10-19-29(35)33(24(2)3)23-30(36)34(26-15-8-7-9-16-26)22-27-17-13-20-32(27)21-25-14-11-12-18-28(25)31/h11-14,17-18,20,24,26H,4-10,15-16,19,21-23H2,1-3H3. The van der Waals surface area contributed by atoms with Crippen molar-refractivity contribution in [2.45, 2.75) is 110 Å². The molecule has 6 heteroatoms. The molecule has 1 heterocycles. The molecule has 5 nitrogen and oxygen atoms in total. The van der Waals surface area contributed by atoms with Crippen LogP contribution >= 0.6 is 11.6 Å². The number of halogens is 1. The van der Waals surface area contributed by atoms with Crippen LogP contribution < -0.4 is 0 Å². The summed E-state index contributed by atoms with van der Waals surface area (Å²) in [6.07, 6.45) is 12.4. The van der Waals surface area contributed by atoms with Crippen molar-refractivity contribution in [3.05, 3.63) is 58.9 Å². The Balaban J connectivity index is 1.75. The van der Waals surface area contributed by atoms with Crippen LogP contribution in [0.5, 0.6) is 0 Å². The van der Waals surface area contributed by atoms with Crippen molar-refractivity contribution in [1.29, 1.82) is 0 Å². The molecule has 1 fully saturated rings. The molecule has 0 radical (unpaired) electrons. The molecule has 1 aliphatic rings. The van der Waals surface area contributed by atoms with Gasteiger partial charge in [0, 0.05) is 42.0 Å². The van der Waals surface area contributed by atoms with E-state index in [9.17, 15) is 9.59 Å². The molecular formula is C30H44ClN3O2. The molecule has 0 unspecified atom stereocenters. The number of benzene rings is 1. The van der Waals surface area contributed by atoms with E-state index in [1.54, 1.807) is 4.90 Å². The van der Waals surface area contributed by atoms with Crippen LogP contribution in [0.4, 0.5) is 0 Å². The highest BCUT2D eigenvalue weighted by Crippen LogP contribution is 2.26. The van der Waals surface area contributed by atoms with E-state index in [2.05, 4.69) is 28.7 Å². The highest BCUT2D eigenvalue weighted by atomic mass is 35.5. The predicted octanol–water partition coefficient (Wildman–Crippen LogP) is 7.06. The van der Waals surface area contributed by atoms with E-state index in [1.165, 1.54) is 6.42 Å². The van der Waals surface area contributed by atoms with Gasteiger partial charge in [0.1, 0.15) is 0 Å². The summed E-state index contributed by atoms with van der Waals surface area (Å²) in [4.78, 5) is 30.7. The molecular weight excluding hydrogens is 470 g/mol. The molecule has 3 rings (SSSR count). The Kier molecular flexibility index (Phi) is 11.4. The van der Waals surface area contributed by atoms with Gasteiger partial charge in [0.05, 0.1) is 13.1 Å². The maximum atomic E-state index is 13.8. The van der Waals surface area contributed by atoms with Crippen molar-refractivity contribution < 1.29 is 9.59 Å². The molecule has 0 bridgehead atoms. The van der Waals surface area contributed by atoms with Crippen molar-refractivity contribution >= 4 is 23.4 Å². The summed E-state index contributed by atoms with van der Waals surface area (Å²) in [7, 11) is 0. The lowest BCUT2D eigenvalue weighted by Crippen LogP contribution is -2.49. The molecule has 0 N–H and O–H groups in total. The summed E-state index contributed by atoms with van der Waals surface area (Å²) in [5, 5.41) is 0.752. The Morgan fingerprint density at radius 3 is 2.44 bits per heavy atom. The van der Waals surface area contributed by atoms with Crippen LogP contribution in [0.1, 0.15) is 96.2 Å². The van der Waals surface area contributed by atoms with E-state index >= 15 is 0 Å². The molecule has 2 amide bonds. The zero-order valence-electron chi connectivity index (χ0n) is 22.4. The minimum Gasteiger partial charge on any atom is -0.345 e. The van der Waals surface area contributed by atoms with Gasteiger partial charge in [-0.1, -0.05) is 75.2 Å². The van der Waals surface area contributed by atoms with Gasteiger partial charge in [-0.15, -0.1) is 0 Å². The Bertz CT molecular complexity index is 965. The third-order valence-corrected chi connectivity index (χ3v) is 7.75. The predicted molar refractivity (Wildman–Crippen MR) is 148 cm³/mol. The van der Waals surface area contributed by atoms with E-state index in [1.807, 2.05) is 44.2 Å². The second kappa shape index (κ2) is 14.5. The second-order valence-corrected chi connectivity index (χ2v) is 10.9. The fraction of sp³-hybridized carbons (Fsp3) is 0.600. The fourth-order valence-corrected chi connectivity index (χ4v) is 5.38. The Morgan fingerprint density at radius 1 is 1.00 bits per heavy atom. The highest BCUT2D eigenvalue weighted by molar-refractivity contribution is 6.31. The number of hydrogen-bond acceptors (Lipinski definition) is 2. The lowest BCUT2D eigenvalue weighted by molar-refractivity contribution is -0.144. The molecule has 1 saturated carbocycles. The summed E-state index contributed by atoms with van der Waals surface area (Å²) in [6, 6.07) is 12.3. The molecule has 1 aromatic heterocycles. The summed E-state index contributed by atoms with van der Waals surface area (Å²) in [5.74, 6) is 0.156. The first kappa shape index (κ1) is 28.3. The smallest absolute Gasteiger partial charge is 0.242 e. The van der Waals surface area contributed by atoms with Gasteiger partial charge >= 0.3 is 0 Å². The third-order valence-electron chi connectivity index (χ3n) is 7.38. The first-order valence-corrected chi connectivity index (χ1v) is 14.2. The number of rotatable bonds is 13. The van der Waals surface area contributed by atoms with Crippen LogP contribution in [0.3, 0.4) is 0 Å². The minimum absolute atomic E-state index is 0.00455. The maximum Gasteiger partial charge on any atom is 0.242 e. The zero-order chi connectivity index (χ0) is 25.9. The Hall–Kier alpha value is -2.27. The zero-order valence-corrected chi connectivity index (χ0v) is 23.2. The summed E-state index contributed by atoms with van der Waals surface area (Å²) in [5.41, 5.74) is 2.16. The molecule has 36 heavy (non-hydrogen) atoms. The van der Waals surface area contributed by atoms with Crippen molar-refractivity contribution in [2.75, 3.05) is 6.54 Å². The molecule has 0 saturated heterocycles.